The first-order valence-corrected chi connectivity index (χ1v) is 9.17. The minimum absolute atomic E-state index is 0. The third-order valence-electron chi connectivity index (χ3n) is 3.94. The first-order valence-electron chi connectivity index (χ1n) is 7.28. The number of benzene rings is 1. The number of ketones is 1. The number of hydrogen-bond acceptors (Lipinski definition) is 5. The number of sulfone groups is 1. The van der Waals surface area contributed by atoms with Crippen molar-refractivity contribution in [1.82, 2.24) is 9.78 Å². The Hall–Kier alpha value is -2.35. The smallest absolute Gasteiger partial charge is 0.277 e. The summed E-state index contributed by atoms with van der Waals surface area (Å²) in [5.41, 5.74) is 1.42. The number of nitrogens with zero attached hydrogens (tertiary/aromatic N) is 2. The lowest BCUT2D eigenvalue weighted by atomic mass is 9.98. The summed E-state index contributed by atoms with van der Waals surface area (Å²) in [6, 6.07) is 2.88. The highest BCUT2D eigenvalue weighted by atomic mass is 32.2. The van der Waals surface area contributed by atoms with Gasteiger partial charge in [0.1, 0.15) is 5.56 Å². The average molecular weight is 384 g/mol. The maximum absolute atomic E-state index is 12.9. The Labute approximate surface area is 155 Å². The molecular weight excluding hydrogens is 354 g/mol. The van der Waals surface area contributed by atoms with Gasteiger partial charge in [-0.1, -0.05) is 14.9 Å². The average Bonchev–Trinajstić information content (AvgIpc) is 2.69. The van der Waals surface area contributed by atoms with E-state index < -0.39 is 21.2 Å². The van der Waals surface area contributed by atoms with Crippen LogP contribution in [0.2, 0.25) is 0 Å². The van der Waals surface area contributed by atoms with Crippen molar-refractivity contribution in [3.8, 4) is 0 Å². The van der Waals surface area contributed by atoms with Crippen LogP contribution in [0.25, 0.3) is 0 Å². The minimum Gasteiger partial charge on any atom is -0.376 e. The second-order valence-corrected chi connectivity index (χ2v) is 8.04. The van der Waals surface area contributed by atoms with Gasteiger partial charge in [-0.25, -0.2) is 8.42 Å². The van der Waals surface area contributed by atoms with Crippen molar-refractivity contribution in [2.75, 3.05) is 25.3 Å². The standard InChI is InChI=1S/C16H21N3O4S.2CH4/c1-9-11(15(20)13-10(2)17-19(5)16(13)21)7-8-12(24(6,22)23)14(9)18(3)4;;/h7-8,17H,1-6H3;2*1H4. The van der Waals surface area contributed by atoms with E-state index in [9.17, 15) is 18.0 Å². The topological polar surface area (TPSA) is 92.2 Å². The number of H-pyrrole nitrogens is 1. The van der Waals surface area contributed by atoms with Crippen LogP contribution in [0, 0.1) is 13.8 Å². The molecule has 0 unspecified atom stereocenters. The van der Waals surface area contributed by atoms with E-state index in [2.05, 4.69) is 5.10 Å². The number of aromatic amines is 1. The van der Waals surface area contributed by atoms with Crippen molar-refractivity contribution in [2.45, 2.75) is 33.6 Å². The Kier molecular flexibility index (Phi) is 7.19. The van der Waals surface area contributed by atoms with Crippen LogP contribution in [0.5, 0.6) is 0 Å². The molecule has 7 nitrogen and oxygen atoms in total. The number of rotatable bonds is 4. The fourth-order valence-electron chi connectivity index (χ4n) is 2.86. The second kappa shape index (κ2) is 7.90. The maximum Gasteiger partial charge on any atom is 0.277 e. The van der Waals surface area contributed by atoms with Crippen molar-refractivity contribution < 1.29 is 13.2 Å². The lowest BCUT2D eigenvalue weighted by Crippen LogP contribution is -2.22. The van der Waals surface area contributed by atoms with Gasteiger partial charge in [0.05, 0.1) is 10.6 Å². The number of aryl methyl sites for hydroxylation is 2. The molecule has 2 aromatic rings. The van der Waals surface area contributed by atoms with Gasteiger partial charge < -0.3 is 4.90 Å². The van der Waals surface area contributed by atoms with Crippen LogP contribution < -0.4 is 10.5 Å². The Bertz CT molecular complexity index is 983. The Balaban J connectivity index is 0.00000312. The highest BCUT2D eigenvalue weighted by molar-refractivity contribution is 7.90. The van der Waals surface area contributed by atoms with Gasteiger partial charge in [-0.2, -0.15) is 0 Å². The number of carbonyl (C=O) groups excluding carboxylic acids is 1. The summed E-state index contributed by atoms with van der Waals surface area (Å²) in [5.74, 6) is -0.421. The number of anilines is 1. The molecule has 0 aliphatic carbocycles. The van der Waals surface area contributed by atoms with Gasteiger partial charge in [0.15, 0.2) is 9.84 Å². The van der Waals surface area contributed by atoms with Crippen LogP contribution in [0.1, 0.15) is 42.0 Å². The maximum atomic E-state index is 12.9. The van der Waals surface area contributed by atoms with Crippen LogP contribution >= 0.6 is 0 Å². The van der Waals surface area contributed by atoms with Crippen LogP contribution in [0.4, 0.5) is 5.69 Å². The van der Waals surface area contributed by atoms with Gasteiger partial charge in [0.2, 0.25) is 5.78 Å². The first kappa shape index (κ1) is 23.6. The molecule has 0 aliphatic rings. The molecule has 1 heterocycles. The summed E-state index contributed by atoms with van der Waals surface area (Å²) in [4.78, 5) is 26.8. The molecule has 0 aliphatic heterocycles. The zero-order valence-corrected chi connectivity index (χ0v) is 15.4. The third-order valence-corrected chi connectivity index (χ3v) is 5.07. The van der Waals surface area contributed by atoms with Crippen molar-refractivity contribution in [3.63, 3.8) is 0 Å². The summed E-state index contributed by atoms with van der Waals surface area (Å²) in [6.45, 7) is 3.34. The van der Waals surface area contributed by atoms with E-state index in [-0.39, 0.29) is 25.3 Å². The van der Waals surface area contributed by atoms with Crippen molar-refractivity contribution in [2.24, 2.45) is 7.05 Å². The van der Waals surface area contributed by atoms with Crippen LogP contribution in [0.3, 0.4) is 0 Å². The van der Waals surface area contributed by atoms with E-state index in [0.29, 0.717) is 22.5 Å². The minimum atomic E-state index is -3.45. The number of carbonyl (C=O) groups is 1. The Morgan fingerprint density at radius 3 is 2.08 bits per heavy atom. The Morgan fingerprint density at radius 2 is 1.69 bits per heavy atom. The molecule has 0 radical (unpaired) electrons. The summed E-state index contributed by atoms with van der Waals surface area (Å²) in [7, 11) is 1.52. The monoisotopic (exact) mass is 383 g/mol. The zero-order valence-electron chi connectivity index (χ0n) is 14.6. The zero-order chi connectivity index (χ0) is 18.4. The molecule has 0 amide bonds. The number of aromatic nitrogens is 2. The first-order chi connectivity index (χ1) is 11.0. The van der Waals surface area contributed by atoms with Gasteiger partial charge >= 0.3 is 0 Å². The molecule has 1 aromatic heterocycles. The summed E-state index contributed by atoms with van der Waals surface area (Å²) < 4.78 is 25.3. The summed E-state index contributed by atoms with van der Waals surface area (Å²) >= 11 is 0. The largest absolute Gasteiger partial charge is 0.376 e. The molecule has 0 saturated heterocycles. The van der Waals surface area contributed by atoms with E-state index in [0.717, 1.165) is 6.26 Å². The van der Waals surface area contributed by atoms with E-state index in [1.807, 2.05) is 0 Å². The fourth-order valence-corrected chi connectivity index (χ4v) is 3.87. The molecule has 0 saturated carbocycles. The predicted molar refractivity (Wildman–Crippen MR) is 106 cm³/mol. The van der Waals surface area contributed by atoms with E-state index in [1.54, 1.807) is 32.8 Å². The van der Waals surface area contributed by atoms with Gasteiger partial charge in [-0.15, -0.1) is 0 Å². The normalized spacial score (nSPS) is 10.7. The van der Waals surface area contributed by atoms with Gasteiger partial charge in [-0.05, 0) is 31.5 Å². The quantitative estimate of drug-likeness (QED) is 0.818. The van der Waals surface area contributed by atoms with Crippen molar-refractivity contribution >= 4 is 21.3 Å². The Morgan fingerprint density at radius 1 is 1.15 bits per heavy atom. The van der Waals surface area contributed by atoms with Crippen molar-refractivity contribution in [1.29, 1.82) is 0 Å². The molecule has 146 valence electrons. The molecule has 1 aromatic carbocycles. The summed E-state index contributed by atoms with van der Waals surface area (Å²) in [6.07, 6.45) is 1.13. The predicted octanol–water partition coefficient (Wildman–Crippen LogP) is 2.30. The van der Waals surface area contributed by atoms with Gasteiger partial charge in [0, 0.05) is 38.7 Å². The summed E-state index contributed by atoms with van der Waals surface area (Å²) in [5, 5.41) is 2.80. The third kappa shape index (κ3) is 3.90. The molecule has 0 bridgehead atoms. The number of nitrogens with one attached hydrogen (secondary N) is 1. The molecule has 1 N–H and O–H groups in total. The lowest BCUT2D eigenvalue weighted by Gasteiger charge is -2.21. The highest BCUT2D eigenvalue weighted by Gasteiger charge is 2.25. The van der Waals surface area contributed by atoms with E-state index in [4.69, 9.17) is 0 Å². The molecular formula is C18H29N3O4S. The molecule has 8 heteroatoms. The number of hydrogen-bond donors (Lipinski definition) is 1. The van der Waals surface area contributed by atoms with Gasteiger partial charge in [0.25, 0.3) is 5.56 Å². The van der Waals surface area contributed by atoms with Crippen molar-refractivity contribution in [3.05, 3.63) is 44.9 Å². The van der Waals surface area contributed by atoms with E-state index in [1.165, 1.54) is 23.9 Å². The molecule has 0 atom stereocenters. The van der Waals surface area contributed by atoms with E-state index >= 15 is 0 Å². The molecule has 0 spiro atoms. The van der Waals surface area contributed by atoms with Crippen LogP contribution in [0.15, 0.2) is 21.8 Å². The van der Waals surface area contributed by atoms with Crippen LogP contribution in [-0.4, -0.2) is 44.3 Å². The van der Waals surface area contributed by atoms with Gasteiger partial charge in [-0.3, -0.25) is 19.4 Å². The SMILES string of the molecule is C.C.Cc1[nH]n(C)c(=O)c1C(=O)c1ccc(S(C)(=O)=O)c(N(C)C)c1C. The lowest BCUT2D eigenvalue weighted by molar-refractivity contribution is 0.103. The highest BCUT2D eigenvalue weighted by Crippen LogP contribution is 2.31. The molecule has 26 heavy (non-hydrogen) atoms. The van der Waals surface area contributed by atoms with Crippen LogP contribution in [-0.2, 0) is 16.9 Å². The second-order valence-electron chi connectivity index (χ2n) is 6.06. The molecule has 2 rings (SSSR count). The fraction of sp³-hybridized carbons (Fsp3) is 0.444. The molecule has 0 fully saturated rings.